The molecule has 0 amide bonds. The summed E-state index contributed by atoms with van der Waals surface area (Å²) in [6.07, 6.45) is 3.23. The lowest BCUT2D eigenvalue weighted by Crippen LogP contribution is -2.37. The highest BCUT2D eigenvalue weighted by Crippen LogP contribution is 2.24. The Morgan fingerprint density at radius 3 is 2.68 bits per heavy atom. The van der Waals surface area contributed by atoms with Crippen LogP contribution in [-0.2, 0) is 4.74 Å². The van der Waals surface area contributed by atoms with E-state index in [0.29, 0.717) is 45.8 Å². The summed E-state index contributed by atoms with van der Waals surface area (Å²) in [4.78, 5) is 23.7. The minimum atomic E-state index is -0.227. The Balaban J connectivity index is 1.79. The van der Waals surface area contributed by atoms with E-state index >= 15 is 0 Å². The number of benzene rings is 1. The molecule has 3 aromatic rings. The molecule has 8 heteroatoms. The van der Waals surface area contributed by atoms with Gasteiger partial charge in [0.05, 0.1) is 34.8 Å². The molecule has 0 atom stereocenters. The molecule has 3 heterocycles. The Morgan fingerprint density at radius 2 is 1.92 bits per heavy atom. The van der Waals surface area contributed by atoms with Crippen LogP contribution < -0.4 is 10.5 Å². The number of nitrogens with zero attached hydrogens (tertiary/aromatic N) is 4. The highest BCUT2D eigenvalue weighted by molar-refractivity contribution is 6.35. The van der Waals surface area contributed by atoms with Gasteiger partial charge in [-0.15, -0.1) is 0 Å². The molecule has 1 fully saturated rings. The number of halogens is 2. The number of fused-ring (bicyclic) bond motifs is 1. The molecule has 0 unspecified atom stereocenters. The fraction of sp³-hybridized carbons (Fsp3) is 0.235. The van der Waals surface area contributed by atoms with Crippen molar-refractivity contribution in [1.82, 2.24) is 14.5 Å². The predicted molar refractivity (Wildman–Crippen MR) is 98.2 cm³/mol. The first-order chi connectivity index (χ1) is 12.1. The summed E-state index contributed by atoms with van der Waals surface area (Å²) in [5, 5.41) is 1.35. The van der Waals surface area contributed by atoms with Crippen LogP contribution in [0.1, 0.15) is 0 Å². The number of rotatable bonds is 2. The summed E-state index contributed by atoms with van der Waals surface area (Å²) in [5.74, 6) is 0.609. The lowest BCUT2D eigenvalue weighted by molar-refractivity contribution is 0.122. The van der Waals surface area contributed by atoms with Gasteiger partial charge in [-0.3, -0.25) is 9.36 Å². The summed E-state index contributed by atoms with van der Waals surface area (Å²) >= 11 is 12.1. The Labute approximate surface area is 153 Å². The zero-order valence-corrected chi connectivity index (χ0v) is 14.7. The maximum Gasteiger partial charge on any atom is 0.266 e. The van der Waals surface area contributed by atoms with Crippen molar-refractivity contribution in [3.63, 3.8) is 0 Å². The second kappa shape index (κ2) is 6.63. The van der Waals surface area contributed by atoms with E-state index in [1.54, 1.807) is 36.7 Å². The quantitative estimate of drug-likeness (QED) is 0.687. The normalized spacial score (nSPS) is 14.9. The standard InChI is InChI=1S/C17H14Cl2N4O2/c18-11-1-2-15(13(19)9-11)23-4-3-14-12(16(23)24)10-20-17(21-14)22-5-7-25-8-6-22/h1-4,9-10H,5-8H2. The van der Waals surface area contributed by atoms with Gasteiger partial charge in [-0.1, -0.05) is 23.2 Å². The molecule has 4 rings (SSSR count). The van der Waals surface area contributed by atoms with Gasteiger partial charge in [0.15, 0.2) is 0 Å². The van der Waals surface area contributed by atoms with Crippen LogP contribution in [0.15, 0.2) is 41.5 Å². The molecule has 0 spiro atoms. The van der Waals surface area contributed by atoms with Crippen molar-refractivity contribution >= 4 is 40.1 Å². The van der Waals surface area contributed by atoms with Crippen molar-refractivity contribution in [2.45, 2.75) is 0 Å². The fourth-order valence-corrected chi connectivity index (χ4v) is 3.30. The summed E-state index contributed by atoms with van der Waals surface area (Å²) in [6.45, 7) is 2.78. The lowest BCUT2D eigenvalue weighted by atomic mass is 10.2. The molecular formula is C17H14Cl2N4O2. The number of morpholine rings is 1. The van der Waals surface area contributed by atoms with Gasteiger partial charge in [0, 0.05) is 30.5 Å². The van der Waals surface area contributed by atoms with E-state index in [9.17, 15) is 4.79 Å². The molecule has 1 aliphatic heterocycles. The van der Waals surface area contributed by atoms with Gasteiger partial charge in [0.25, 0.3) is 5.56 Å². The number of hydrogen-bond donors (Lipinski definition) is 0. The average molecular weight is 377 g/mol. The Kier molecular flexibility index (Phi) is 4.33. The summed E-state index contributed by atoms with van der Waals surface area (Å²) < 4.78 is 6.81. The number of anilines is 1. The highest BCUT2D eigenvalue weighted by atomic mass is 35.5. The smallest absolute Gasteiger partial charge is 0.266 e. The first-order valence-corrected chi connectivity index (χ1v) is 8.55. The maximum atomic E-state index is 12.8. The minimum absolute atomic E-state index is 0.227. The predicted octanol–water partition coefficient (Wildman–Crippen LogP) is 2.92. The van der Waals surface area contributed by atoms with Crippen molar-refractivity contribution in [3.05, 3.63) is 57.1 Å². The first-order valence-electron chi connectivity index (χ1n) is 7.80. The largest absolute Gasteiger partial charge is 0.378 e. The van der Waals surface area contributed by atoms with E-state index in [1.165, 1.54) is 4.57 Å². The second-order valence-electron chi connectivity index (χ2n) is 5.65. The van der Waals surface area contributed by atoms with Crippen molar-refractivity contribution in [2.75, 3.05) is 31.2 Å². The third kappa shape index (κ3) is 3.08. The van der Waals surface area contributed by atoms with Gasteiger partial charge in [0.2, 0.25) is 5.95 Å². The average Bonchev–Trinajstić information content (AvgIpc) is 2.63. The third-order valence-corrected chi connectivity index (χ3v) is 4.64. The van der Waals surface area contributed by atoms with E-state index in [0.717, 1.165) is 13.1 Å². The summed E-state index contributed by atoms with van der Waals surface area (Å²) in [5.41, 5.74) is 0.938. The number of ether oxygens (including phenoxy) is 1. The molecule has 2 aromatic heterocycles. The Bertz CT molecular complexity index is 1000. The molecule has 25 heavy (non-hydrogen) atoms. The van der Waals surface area contributed by atoms with Gasteiger partial charge in [-0.25, -0.2) is 9.97 Å². The second-order valence-corrected chi connectivity index (χ2v) is 6.50. The van der Waals surface area contributed by atoms with E-state index in [-0.39, 0.29) is 5.56 Å². The molecule has 128 valence electrons. The molecule has 0 saturated carbocycles. The number of hydrogen-bond acceptors (Lipinski definition) is 5. The van der Waals surface area contributed by atoms with Crippen LogP contribution in [0.5, 0.6) is 0 Å². The van der Waals surface area contributed by atoms with Gasteiger partial charge < -0.3 is 9.64 Å². The first kappa shape index (κ1) is 16.3. The Morgan fingerprint density at radius 1 is 1.12 bits per heavy atom. The molecule has 0 aliphatic carbocycles. The van der Waals surface area contributed by atoms with Gasteiger partial charge in [0.1, 0.15) is 0 Å². The maximum absolute atomic E-state index is 12.8. The molecule has 1 saturated heterocycles. The molecule has 1 aliphatic rings. The van der Waals surface area contributed by atoms with Crippen LogP contribution in [0.4, 0.5) is 5.95 Å². The van der Waals surface area contributed by atoms with Gasteiger partial charge in [-0.05, 0) is 24.3 Å². The number of pyridine rings is 1. The van der Waals surface area contributed by atoms with Crippen molar-refractivity contribution < 1.29 is 4.74 Å². The van der Waals surface area contributed by atoms with E-state index < -0.39 is 0 Å². The molecule has 0 bridgehead atoms. The minimum Gasteiger partial charge on any atom is -0.378 e. The molecule has 0 radical (unpaired) electrons. The van der Waals surface area contributed by atoms with Gasteiger partial charge >= 0.3 is 0 Å². The molecule has 6 nitrogen and oxygen atoms in total. The number of aromatic nitrogens is 3. The van der Waals surface area contributed by atoms with E-state index in [2.05, 4.69) is 9.97 Å². The zero-order chi connectivity index (χ0) is 17.4. The summed E-state index contributed by atoms with van der Waals surface area (Å²) in [6, 6.07) is 6.79. The lowest BCUT2D eigenvalue weighted by Gasteiger charge is -2.26. The Hall–Kier alpha value is -2.15. The SMILES string of the molecule is O=c1c2cnc(N3CCOCC3)nc2ccn1-c1ccc(Cl)cc1Cl. The van der Waals surface area contributed by atoms with Crippen molar-refractivity contribution in [1.29, 1.82) is 0 Å². The van der Waals surface area contributed by atoms with Gasteiger partial charge in [-0.2, -0.15) is 0 Å². The van der Waals surface area contributed by atoms with Crippen LogP contribution in [0.3, 0.4) is 0 Å². The van der Waals surface area contributed by atoms with Crippen molar-refractivity contribution in [3.8, 4) is 5.69 Å². The molecule has 1 aromatic carbocycles. The molecule has 0 N–H and O–H groups in total. The topological polar surface area (TPSA) is 60.3 Å². The van der Waals surface area contributed by atoms with Crippen LogP contribution in [-0.4, -0.2) is 40.8 Å². The third-order valence-electron chi connectivity index (χ3n) is 4.10. The van der Waals surface area contributed by atoms with E-state index in [4.69, 9.17) is 27.9 Å². The summed E-state index contributed by atoms with van der Waals surface area (Å²) in [7, 11) is 0. The van der Waals surface area contributed by atoms with Crippen molar-refractivity contribution in [2.24, 2.45) is 0 Å². The van der Waals surface area contributed by atoms with Crippen LogP contribution in [0.25, 0.3) is 16.6 Å². The zero-order valence-electron chi connectivity index (χ0n) is 13.2. The van der Waals surface area contributed by atoms with E-state index in [1.807, 2.05) is 4.90 Å². The fourth-order valence-electron chi connectivity index (χ4n) is 2.80. The van der Waals surface area contributed by atoms with Crippen LogP contribution in [0, 0.1) is 0 Å². The monoisotopic (exact) mass is 376 g/mol. The highest BCUT2D eigenvalue weighted by Gasteiger charge is 2.15. The van der Waals surface area contributed by atoms with Crippen LogP contribution in [0.2, 0.25) is 10.0 Å². The van der Waals surface area contributed by atoms with Crippen LogP contribution >= 0.6 is 23.2 Å². The molecular weight excluding hydrogens is 363 g/mol.